The SMILES string of the molecule is COC(=O)C1ON(c2ccccn2)c2ccccc21. The van der Waals surface area contributed by atoms with Crippen molar-refractivity contribution in [2.45, 2.75) is 6.10 Å². The fraction of sp³-hybridized carbons (Fsp3) is 0.143. The number of pyridine rings is 1. The van der Waals surface area contributed by atoms with Crippen LogP contribution < -0.4 is 5.06 Å². The Bertz CT molecular complexity index is 601. The van der Waals surface area contributed by atoms with Gasteiger partial charge in [-0.25, -0.2) is 19.7 Å². The number of ether oxygens (including phenoxy) is 1. The van der Waals surface area contributed by atoms with E-state index < -0.39 is 12.1 Å². The first-order valence-electron chi connectivity index (χ1n) is 5.86. The Hall–Kier alpha value is -2.40. The molecule has 5 nitrogen and oxygen atoms in total. The van der Waals surface area contributed by atoms with Gasteiger partial charge in [0.15, 0.2) is 5.82 Å². The molecular formula is C14H12N2O3. The zero-order valence-electron chi connectivity index (χ0n) is 10.3. The summed E-state index contributed by atoms with van der Waals surface area (Å²) in [4.78, 5) is 21.7. The maximum absolute atomic E-state index is 11.8. The molecule has 3 rings (SSSR count). The summed E-state index contributed by atoms with van der Waals surface area (Å²) >= 11 is 0. The summed E-state index contributed by atoms with van der Waals surface area (Å²) < 4.78 is 4.76. The topological polar surface area (TPSA) is 51.7 Å². The van der Waals surface area contributed by atoms with E-state index >= 15 is 0 Å². The summed E-state index contributed by atoms with van der Waals surface area (Å²) in [7, 11) is 1.34. The Kier molecular flexibility index (Phi) is 2.89. The molecule has 1 aromatic carbocycles. The highest BCUT2D eigenvalue weighted by molar-refractivity contribution is 5.82. The van der Waals surface area contributed by atoms with E-state index in [2.05, 4.69) is 4.98 Å². The predicted octanol–water partition coefficient (Wildman–Crippen LogP) is 2.38. The number of benzene rings is 1. The van der Waals surface area contributed by atoms with E-state index in [1.54, 1.807) is 11.3 Å². The molecule has 0 fully saturated rings. The second-order valence-electron chi connectivity index (χ2n) is 4.05. The maximum Gasteiger partial charge on any atom is 0.342 e. The minimum atomic E-state index is -0.747. The highest BCUT2D eigenvalue weighted by Crippen LogP contribution is 2.41. The average molecular weight is 256 g/mol. The first-order valence-corrected chi connectivity index (χ1v) is 5.86. The van der Waals surface area contributed by atoms with Crippen molar-refractivity contribution in [1.29, 1.82) is 0 Å². The van der Waals surface area contributed by atoms with Crippen molar-refractivity contribution in [3.8, 4) is 0 Å². The molecule has 19 heavy (non-hydrogen) atoms. The van der Waals surface area contributed by atoms with E-state index in [1.165, 1.54) is 7.11 Å². The highest BCUT2D eigenvalue weighted by atomic mass is 16.7. The zero-order valence-corrected chi connectivity index (χ0v) is 10.3. The van der Waals surface area contributed by atoms with Gasteiger partial charge in [0.25, 0.3) is 0 Å². The Morgan fingerprint density at radius 3 is 2.79 bits per heavy atom. The lowest BCUT2D eigenvalue weighted by atomic mass is 10.1. The van der Waals surface area contributed by atoms with Gasteiger partial charge in [-0.1, -0.05) is 24.3 Å². The molecule has 0 saturated carbocycles. The molecule has 0 radical (unpaired) electrons. The number of esters is 1. The smallest absolute Gasteiger partial charge is 0.342 e. The van der Waals surface area contributed by atoms with Crippen LogP contribution in [0.4, 0.5) is 11.5 Å². The normalized spacial score (nSPS) is 17.1. The van der Waals surface area contributed by atoms with Crippen molar-refractivity contribution in [3.05, 3.63) is 54.2 Å². The molecule has 1 atom stereocenters. The maximum atomic E-state index is 11.8. The fourth-order valence-electron chi connectivity index (χ4n) is 2.04. The molecule has 96 valence electrons. The number of anilines is 2. The molecule has 2 aromatic rings. The number of fused-ring (bicyclic) bond motifs is 1. The predicted molar refractivity (Wildman–Crippen MR) is 68.7 cm³/mol. The molecule has 1 aliphatic rings. The van der Waals surface area contributed by atoms with Gasteiger partial charge in [-0.3, -0.25) is 0 Å². The number of methoxy groups -OCH3 is 1. The van der Waals surface area contributed by atoms with Gasteiger partial charge in [-0.05, 0) is 18.2 Å². The van der Waals surface area contributed by atoms with Crippen molar-refractivity contribution < 1.29 is 14.4 Å². The van der Waals surface area contributed by atoms with Crippen molar-refractivity contribution >= 4 is 17.5 Å². The molecule has 0 N–H and O–H groups in total. The first-order chi connectivity index (χ1) is 9.31. The minimum absolute atomic E-state index is 0.425. The van der Waals surface area contributed by atoms with Gasteiger partial charge in [-0.15, -0.1) is 0 Å². The minimum Gasteiger partial charge on any atom is -0.467 e. The number of hydrogen-bond acceptors (Lipinski definition) is 5. The molecule has 1 aliphatic heterocycles. The van der Waals surface area contributed by atoms with Crippen LogP contribution >= 0.6 is 0 Å². The summed E-state index contributed by atoms with van der Waals surface area (Å²) in [5.74, 6) is 0.201. The number of nitrogens with zero attached hydrogens (tertiary/aromatic N) is 2. The zero-order chi connectivity index (χ0) is 13.2. The van der Waals surface area contributed by atoms with Gasteiger partial charge >= 0.3 is 5.97 Å². The van der Waals surface area contributed by atoms with Crippen molar-refractivity contribution in [1.82, 2.24) is 4.98 Å². The van der Waals surface area contributed by atoms with Crippen molar-refractivity contribution in [2.75, 3.05) is 12.2 Å². The van der Waals surface area contributed by atoms with Crippen LogP contribution in [0, 0.1) is 0 Å². The van der Waals surface area contributed by atoms with Crippen LogP contribution in [0.1, 0.15) is 11.7 Å². The van der Waals surface area contributed by atoms with Crippen LogP contribution in [-0.2, 0) is 14.4 Å². The summed E-state index contributed by atoms with van der Waals surface area (Å²) in [5, 5.41) is 1.55. The molecule has 0 bridgehead atoms. The summed E-state index contributed by atoms with van der Waals surface area (Å²) in [6, 6.07) is 13.0. The van der Waals surface area contributed by atoms with Crippen LogP contribution in [0.25, 0.3) is 0 Å². The standard InChI is InChI=1S/C14H12N2O3/c1-18-14(17)13-10-6-2-3-7-11(10)16(19-13)12-8-4-5-9-15-12/h2-9,13H,1H3. The number of rotatable bonds is 2. The first kappa shape index (κ1) is 11.7. The molecule has 0 spiro atoms. The number of hydrogen-bond donors (Lipinski definition) is 0. The Morgan fingerprint density at radius 1 is 1.26 bits per heavy atom. The van der Waals surface area contributed by atoms with Gasteiger partial charge in [-0.2, -0.15) is 0 Å². The van der Waals surface area contributed by atoms with Gasteiger partial charge in [0.05, 0.1) is 12.8 Å². The van der Waals surface area contributed by atoms with E-state index in [1.807, 2.05) is 42.5 Å². The highest BCUT2D eigenvalue weighted by Gasteiger charge is 2.36. The largest absolute Gasteiger partial charge is 0.467 e. The van der Waals surface area contributed by atoms with E-state index in [-0.39, 0.29) is 0 Å². The van der Waals surface area contributed by atoms with Gasteiger partial charge in [0.2, 0.25) is 6.10 Å². The lowest BCUT2D eigenvalue weighted by Gasteiger charge is -2.16. The van der Waals surface area contributed by atoms with Crippen LogP contribution in [-0.4, -0.2) is 18.1 Å². The summed E-state index contributed by atoms with van der Waals surface area (Å²) in [6.07, 6.45) is 0.926. The Labute approximate surface area is 110 Å². The van der Waals surface area contributed by atoms with E-state index in [0.717, 1.165) is 11.3 Å². The molecule has 0 aliphatic carbocycles. The number of carbonyl (C=O) groups is 1. The number of aromatic nitrogens is 1. The van der Waals surface area contributed by atoms with Crippen molar-refractivity contribution in [2.24, 2.45) is 0 Å². The Morgan fingerprint density at radius 2 is 2.05 bits per heavy atom. The van der Waals surface area contributed by atoms with E-state index in [9.17, 15) is 4.79 Å². The van der Waals surface area contributed by atoms with Crippen LogP contribution in [0.3, 0.4) is 0 Å². The average Bonchev–Trinajstić information content (AvgIpc) is 2.87. The van der Waals surface area contributed by atoms with Crippen molar-refractivity contribution in [3.63, 3.8) is 0 Å². The van der Waals surface area contributed by atoms with E-state index in [4.69, 9.17) is 9.57 Å². The third kappa shape index (κ3) is 1.94. The molecular weight excluding hydrogens is 244 g/mol. The lowest BCUT2D eigenvalue weighted by Crippen LogP contribution is -2.19. The molecule has 1 aromatic heterocycles. The van der Waals surface area contributed by atoms with Gasteiger partial charge < -0.3 is 4.74 Å². The van der Waals surface area contributed by atoms with E-state index in [0.29, 0.717) is 5.82 Å². The second kappa shape index (κ2) is 4.70. The van der Waals surface area contributed by atoms with Gasteiger partial charge in [0.1, 0.15) is 0 Å². The van der Waals surface area contributed by atoms with Crippen LogP contribution in [0.15, 0.2) is 48.7 Å². The fourth-order valence-corrected chi connectivity index (χ4v) is 2.04. The molecule has 0 saturated heterocycles. The molecule has 5 heteroatoms. The number of carbonyl (C=O) groups excluding carboxylic acids is 1. The van der Waals surface area contributed by atoms with Crippen LogP contribution in [0.2, 0.25) is 0 Å². The number of para-hydroxylation sites is 1. The summed E-state index contributed by atoms with van der Waals surface area (Å²) in [6.45, 7) is 0. The third-order valence-corrected chi connectivity index (χ3v) is 2.92. The summed E-state index contributed by atoms with van der Waals surface area (Å²) in [5.41, 5.74) is 1.58. The third-order valence-electron chi connectivity index (χ3n) is 2.92. The Balaban J connectivity index is 2.04. The van der Waals surface area contributed by atoms with Gasteiger partial charge in [0, 0.05) is 11.8 Å². The molecule has 1 unspecified atom stereocenters. The monoisotopic (exact) mass is 256 g/mol. The molecule has 0 amide bonds. The lowest BCUT2D eigenvalue weighted by molar-refractivity contribution is -0.153. The quantitative estimate of drug-likeness (QED) is 0.772. The second-order valence-corrected chi connectivity index (χ2v) is 4.05. The van der Waals surface area contributed by atoms with Crippen LogP contribution in [0.5, 0.6) is 0 Å². The molecule has 2 heterocycles.